The summed E-state index contributed by atoms with van der Waals surface area (Å²) in [7, 11) is 0. The molecule has 0 aliphatic heterocycles. The number of hydrogen-bond donors (Lipinski definition) is 2. The molecule has 1 aliphatic carbocycles. The Bertz CT molecular complexity index is 425. The lowest BCUT2D eigenvalue weighted by atomic mass is 10.0. The van der Waals surface area contributed by atoms with Crippen molar-refractivity contribution in [3.63, 3.8) is 0 Å². The predicted octanol–water partition coefficient (Wildman–Crippen LogP) is 2.33. The predicted molar refractivity (Wildman–Crippen MR) is 69.7 cm³/mol. The summed E-state index contributed by atoms with van der Waals surface area (Å²) in [6.45, 7) is 2.49. The van der Waals surface area contributed by atoms with E-state index in [2.05, 4.69) is 5.32 Å². The maximum Gasteiger partial charge on any atom is 0.256 e. The summed E-state index contributed by atoms with van der Waals surface area (Å²) in [4.78, 5) is 12.0. The van der Waals surface area contributed by atoms with Crippen LogP contribution in [0.15, 0.2) is 24.3 Å². The van der Waals surface area contributed by atoms with Crippen LogP contribution in [0.4, 0.5) is 5.69 Å². The van der Waals surface area contributed by atoms with Crippen LogP contribution >= 0.6 is 0 Å². The lowest BCUT2D eigenvalue weighted by molar-refractivity contribution is -0.133. The van der Waals surface area contributed by atoms with Crippen LogP contribution in [0.5, 0.6) is 5.75 Å². The van der Waals surface area contributed by atoms with Gasteiger partial charge in [0.25, 0.3) is 5.91 Å². The second-order valence-electron chi connectivity index (χ2n) is 4.65. The number of benzene rings is 1. The van der Waals surface area contributed by atoms with E-state index in [1.807, 2.05) is 19.1 Å². The van der Waals surface area contributed by atoms with E-state index < -0.39 is 5.60 Å². The van der Waals surface area contributed by atoms with Crippen LogP contribution in [0.3, 0.4) is 0 Å². The third-order valence-corrected chi connectivity index (χ3v) is 3.26. The Balaban J connectivity index is 2.04. The normalized spacial score (nSPS) is 17.4. The first kappa shape index (κ1) is 12.9. The topological polar surface area (TPSA) is 58.6 Å². The molecule has 1 amide bonds. The Morgan fingerprint density at radius 1 is 1.44 bits per heavy atom. The summed E-state index contributed by atoms with van der Waals surface area (Å²) in [5.74, 6) is 0.405. The van der Waals surface area contributed by atoms with Crippen LogP contribution in [0.2, 0.25) is 0 Å². The molecule has 2 N–H and O–H groups in total. The van der Waals surface area contributed by atoms with Gasteiger partial charge in [0.05, 0.1) is 6.61 Å². The fourth-order valence-corrected chi connectivity index (χ4v) is 2.26. The number of carbonyl (C=O) groups excluding carboxylic acids is 1. The molecule has 0 saturated heterocycles. The molecule has 0 aromatic heterocycles. The zero-order chi connectivity index (χ0) is 13.0. The summed E-state index contributed by atoms with van der Waals surface area (Å²) in [6.07, 6.45) is 2.90. The van der Waals surface area contributed by atoms with Crippen molar-refractivity contribution in [3.05, 3.63) is 24.3 Å². The smallest absolute Gasteiger partial charge is 0.256 e. The number of ether oxygens (including phenoxy) is 1. The summed E-state index contributed by atoms with van der Waals surface area (Å²) in [5.41, 5.74) is -0.534. The highest BCUT2D eigenvalue weighted by Crippen LogP contribution is 2.30. The molecular weight excluding hydrogens is 230 g/mol. The van der Waals surface area contributed by atoms with Gasteiger partial charge in [-0.05, 0) is 44.7 Å². The third-order valence-electron chi connectivity index (χ3n) is 3.26. The van der Waals surface area contributed by atoms with Crippen LogP contribution in [-0.2, 0) is 4.79 Å². The number of aliphatic hydroxyl groups is 1. The lowest BCUT2D eigenvalue weighted by Gasteiger charge is -2.21. The Morgan fingerprint density at radius 2 is 2.17 bits per heavy atom. The minimum atomic E-state index is -1.19. The van der Waals surface area contributed by atoms with Gasteiger partial charge in [0.2, 0.25) is 0 Å². The number of anilines is 1. The Labute approximate surface area is 107 Å². The van der Waals surface area contributed by atoms with Crippen LogP contribution in [0.1, 0.15) is 32.6 Å². The van der Waals surface area contributed by atoms with Crippen molar-refractivity contribution < 1.29 is 14.6 Å². The van der Waals surface area contributed by atoms with Gasteiger partial charge < -0.3 is 15.2 Å². The van der Waals surface area contributed by atoms with E-state index in [0.29, 0.717) is 30.9 Å². The molecule has 0 atom stereocenters. The van der Waals surface area contributed by atoms with Gasteiger partial charge in [-0.25, -0.2) is 0 Å². The average molecular weight is 249 g/mol. The number of carbonyl (C=O) groups is 1. The summed E-state index contributed by atoms with van der Waals surface area (Å²) < 4.78 is 5.36. The Hall–Kier alpha value is -1.55. The van der Waals surface area contributed by atoms with Gasteiger partial charge >= 0.3 is 0 Å². The van der Waals surface area contributed by atoms with E-state index in [-0.39, 0.29) is 5.91 Å². The van der Waals surface area contributed by atoms with Crippen molar-refractivity contribution in [1.82, 2.24) is 0 Å². The van der Waals surface area contributed by atoms with Gasteiger partial charge in [-0.2, -0.15) is 0 Å². The van der Waals surface area contributed by atoms with Gasteiger partial charge in [0.1, 0.15) is 11.4 Å². The molecule has 4 heteroatoms. The monoisotopic (exact) mass is 249 g/mol. The molecule has 1 aromatic carbocycles. The number of nitrogens with one attached hydrogen (secondary N) is 1. The molecule has 98 valence electrons. The second kappa shape index (κ2) is 5.40. The van der Waals surface area contributed by atoms with E-state index in [9.17, 15) is 9.90 Å². The first-order chi connectivity index (χ1) is 8.64. The van der Waals surface area contributed by atoms with E-state index >= 15 is 0 Å². The Kier molecular flexibility index (Phi) is 3.87. The molecule has 0 radical (unpaired) electrons. The van der Waals surface area contributed by atoms with Crippen LogP contribution < -0.4 is 10.1 Å². The van der Waals surface area contributed by atoms with Crippen molar-refractivity contribution >= 4 is 11.6 Å². The second-order valence-corrected chi connectivity index (χ2v) is 4.65. The van der Waals surface area contributed by atoms with Crippen molar-refractivity contribution in [2.45, 2.75) is 38.2 Å². The van der Waals surface area contributed by atoms with Gasteiger partial charge in [-0.15, -0.1) is 0 Å². The number of hydrogen-bond acceptors (Lipinski definition) is 3. The van der Waals surface area contributed by atoms with E-state index in [4.69, 9.17) is 4.74 Å². The van der Waals surface area contributed by atoms with Gasteiger partial charge in [-0.3, -0.25) is 4.79 Å². The highest BCUT2D eigenvalue weighted by Gasteiger charge is 2.38. The molecule has 1 fully saturated rings. The van der Waals surface area contributed by atoms with E-state index in [1.165, 1.54) is 0 Å². The maximum absolute atomic E-state index is 12.0. The molecule has 1 saturated carbocycles. The summed E-state index contributed by atoms with van der Waals surface area (Å²) in [5, 5.41) is 12.9. The van der Waals surface area contributed by atoms with Crippen molar-refractivity contribution in [2.75, 3.05) is 11.9 Å². The SMILES string of the molecule is CCOc1cccc(NC(=O)C2(O)CCCC2)c1. The first-order valence-electron chi connectivity index (χ1n) is 6.41. The van der Waals surface area contributed by atoms with Gasteiger partial charge in [0.15, 0.2) is 0 Å². The molecule has 4 nitrogen and oxygen atoms in total. The summed E-state index contributed by atoms with van der Waals surface area (Å²) in [6, 6.07) is 7.21. The van der Waals surface area contributed by atoms with E-state index in [1.54, 1.807) is 12.1 Å². The minimum absolute atomic E-state index is 0.311. The Morgan fingerprint density at radius 3 is 2.83 bits per heavy atom. The highest BCUT2D eigenvalue weighted by atomic mass is 16.5. The molecule has 18 heavy (non-hydrogen) atoms. The largest absolute Gasteiger partial charge is 0.494 e. The molecular formula is C14H19NO3. The molecule has 0 heterocycles. The fraction of sp³-hybridized carbons (Fsp3) is 0.500. The van der Waals surface area contributed by atoms with Crippen LogP contribution in [0, 0.1) is 0 Å². The number of rotatable bonds is 4. The quantitative estimate of drug-likeness (QED) is 0.861. The molecule has 0 bridgehead atoms. The lowest BCUT2D eigenvalue weighted by Crippen LogP contribution is -2.40. The zero-order valence-corrected chi connectivity index (χ0v) is 10.6. The van der Waals surface area contributed by atoms with Crippen molar-refractivity contribution in [2.24, 2.45) is 0 Å². The van der Waals surface area contributed by atoms with E-state index in [0.717, 1.165) is 12.8 Å². The number of amides is 1. The van der Waals surface area contributed by atoms with Gasteiger partial charge in [-0.1, -0.05) is 6.07 Å². The molecule has 1 aromatic rings. The van der Waals surface area contributed by atoms with Crippen LogP contribution in [0.25, 0.3) is 0 Å². The average Bonchev–Trinajstić information content (AvgIpc) is 2.78. The fourth-order valence-electron chi connectivity index (χ4n) is 2.26. The molecule has 1 aliphatic rings. The standard InChI is InChI=1S/C14H19NO3/c1-2-18-12-7-5-6-11(10-12)15-13(16)14(17)8-3-4-9-14/h5-7,10,17H,2-4,8-9H2,1H3,(H,15,16). The maximum atomic E-state index is 12.0. The van der Waals surface area contributed by atoms with Crippen molar-refractivity contribution in [3.8, 4) is 5.75 Å². The summed E-state index contributed by atoms with van der Waals surface area (Å²) >= 11 is 0. The molecule has 2 rings (SSSR count). The molecule has 0 unspecified atom stereocenters. The zero-order valence-electron chi connectivity index (χ0n) is 10.6. The minimum Gasteiger partial charge on any atom is -0.494 e. The molecule has 0 spiro atoms. The van der Waals surface area contributed by atoms with Gasteiger partial charge in [0, 0.05) is 11.8 Å². The highest BCUT2D eigenvalue weighted by molar-refractivity contribution is 5.97. The van der Waals surface area contributed by atoms with Crippen LogP contribution in [-0.4, -0.2) is 23.2 Å². The third kappa shape index (κ3) is 2.82. The van der Waals surface area contributed by atoms with Crippen molar-refractivity contribution in [1.29, 1.82) is 0 Å². The first-order valence-corrected chi connectivity index (χ1v) is 6.41.